The van der Waals surface area contributed by atoms with E-state index in [2.05, 4.69) is 4.98 Å². The number of nitrogens with zero attached hydrogens (tertiary/aromatic N) is 1. The van der Waals surface area contributed by atoms with E-state index >= 15 is 0 Å². The fourth-order valence-corrected chi connectivity index (χ4v) is 1.02. The Morgan fingerprint density at radius 2 is 2.00 bits per heavy atom. The third kappa shape index (κ3) is 2.49. The molecular weight excluding hydrogens is 223 g/mol. The Bertz CT molecular complexity index is 309. The van der Waals surface area contributed by atoms with Crippen LogP contribution in [0.2, 0.25) is 10.2 Å². The highest BCUT2D eigenvalue weighted by Crippen LogP contribution is 2.25. The molecule has 0 aliphatic heterocycles. The number of halogens is 4. The van der Waals surface area contributed by atoms with Crippen molar-refractivity contribution in [2.45, 2.75) is 12.5 Å². The third-order valence-electron chi connectivity index (χ3n) is 1.40. The molecule has 1 heterocycles. The lowest BCUT2D eigenvalue weighted by Gasteiger charge is -2.09. The maximum absolute atomic E-state index is 12.0. The number of hydrogen-bond donors (Lipinski definition) is 1. The first kappa shape index (κ1) is 10.6. The number of rotatable bonds is 2. The standard InChI is InChI=1S/C7H5Cl2F2NO/c8-4-1-3(2-12-6(4)9)5(13)7(10)11/h1-2,5,7,13H. The minimum Gasteiger partial charge on any atom is -0.382 e. The molecule has 1 N–H and O–H groups in total. The zero-order valence-corrected chi connectivity index (χ0v) is 7.73. The lowest BCUT2D eigenvalue weighted by atomic mass is 10.2. The lowest BCUT2D eigenvalue weighted by Crippen LogP contribution is -2.08. The molecule has 1 aromatic rings. The Balaban J connectivity index is 2.97. The van der Waals surface area contributed by atoms with Crippen molar-refractivity contribution < 1.29 is 13.9 Å². The first-order valence-electron chi connectivity index (χ1n) is 3.29. The van der Waals surface area contributed by atoms with Crippen molar-refractivity contribution in [3.63, 3.8) is 0 Å². The number of aliphatic hydroxyl groups is 1. The van der Waals surface area contributed by atoms with Crippen molar-refractivity contribution >= 4 is 23.2 Å². The van der Waals surface area contributed by atoms with E-state index in [0.29, 0.717) is 0 Å². The molecule has 0 aliphatic carbocycles. The van der Waals surface area contributed by atoms with E-state index in [4.69, 9.17) is 28.3 Å². The lowest BCUT2D eigenvalue weighted by molar-refractivity contribution is -0.00595. The molecule has 0 amide bonds. The van der Waals surface area contributed by atoms with Gasteiger partial charge in [-0.1, -0.05) is 23.2 Å². The average molecular weight is 228 g/mol. The summed E-state index contributed by atoms with van der Waals surface area (Å²) in [5, 5.41) is 8.98. The largest absolute Gasteiger partial charge is 0.382 e. The van der Waals surface area contributed by atoms with Crippen LogP contribution in [0.5, 0.6) is 0 Å². The van der Waals surface area contributed by atoms with Gasteiger partial charge in [0.15, 0.2) is 0 Å². The van der Waals surface area contributed by atoms with E-state index in [9.17, 15) is 8.78 Å². The first-order chi connectivity index (χ1) is 6.02. The van der Waals surface area contributed by atoms with Crippen LogP contribution in [0.15, 0.2) is 12.3 Å². The maximum atomic E-state index is 12.0. The van der Waals surface area contributed by atoms with Gasteiger partial charge in [0.05, 0.1) is 5.02 Å². The summed E-state index contributed by atoms with van der Waals surface area (Å²) in [6, 6.07) is 1.16. The summed E-state index contributed by atoms with van der Waals surface area (Å²) >= 11 is 11.0. The highest BCUT2D eigenvalue weighted by atomic mass is 35.5. The molecule has 0 aliphatic rings. The van der Waals surface area contributed by atoms with Crippen LogP contribution in [0.1, 0.15) is 11.7 Å². The van der Waals surface area contributed by atoms with E-state index in [1.165, 1.54) is 0 Å². The molecule has 1 rings (SSSR count). The molecular formula is C7H5Cl2F2NO. The van der Waals surface area contributed by atoms with Crippen molar-refractivity contribution in [1.29, 1.82) is 0 Å². The van der Waals surface area contributed by atoms with Gasteiger partial charge in [0.25, 0.3) is 6.43 Å². The Hall–Kier alpha value is -0.450. The minimum absolute atomic E-state index is 0.0203. The molecule has 6 heteroatoms. The second-order valence-electron chi connectivity index (χ2n) is 2.32. The molecule has 72 valence electrons. The van der Waals surface area contributed by atoms with E-state index in [1.54, 1.807) is 0 Å². The normalized spacial score (nSPS) is 13.4. The Kier molecular flexibility index (Phi) is 3.41. The molecule has 0 radical (unpaired) electrons. The van der Waals surface area contributed by atoms with Gasteiger partial charge < -0.3 is 5.11 Å². The van der Waals surface area contributed by atoms with E-state index in [1.807, 2.05) is 0 Å². The van der Waals surface area contributed by atoms with Gasteiger partial charge in [0.1, 0.15) is 11.3 Å². The molecule has 1 atom stereocenters. The van der Waals surface area contributed by atoms with Crippen molar-refractivity contribution in [2.24, 2.45) is 0 Å². The van der Waals surface area contributed by atoms with Crippen LogP contribution in [0.3, 0.4) is 0 Å². The average Bonchev–Trinajstić information content (AvgIpc) is 2.08. The van der Waals surface area contributed by atoms with E-state index in [-0.39, 0.29) is 15.7 Å². The Morgan fingerprint density at radius 3 is 2.46 bits per heavy atom. The van der Waals surface area contributed by atoms with Crippen molar-refractivity contribution in [1.82, 2.24) is 4.98 Å². The minimum atomic E-state index is -2.86. The fraction of sp³-hybridized carbons (Fsp3) is 0.286. The second-order valence-corrected chi connectivity index (χ2v) is 3.09. The Morgan fingerprint density at radius 1 is 1.38 bits per heavy atom. The molecule has 0 spiro atoms. The van der Waals surface area contributed by atoms with Crippen molar-refractivity contribution in [3.8, 4) is 0 Å². The number of hydrogen-bond acceptors (Lipinski definition) is 2. The smallest absolute Gasteiger partial charge is 0.268 e. The molecule has 0 bridgehead atoms. The van der Waals surface area contributed by atoms with Crippen LogP contribution >= 0.6 is 23.2 Å². The predicted molar refractivity (Wildman–Crippen MR) is 45.2 cm³/mol. The van der Waals surface area contributed by atoms with Crippen molar-refractivity contribution in [2.75, 3.05) is 0 Å². The fourth-order valence-electron chi connectivity index (χ4n) is 0.743. The number of alkyl halides is 2. The summed E-state index contributed by atoms with van der Waals surface area (Å²) in [6.45, 7) is 0. The molecule has 0 saturated heterocycles. The van der Waals surface area contributed by atoms with E-state index in [0.717, 1.165) is 12.3 Å². The molecule has 2 nitrogen and oxygen atoms in total. The second kappa shape index (κ2) is 4.17. The first-order valence-corrected chi connectivity index (χ1v) is 4.05. The zero-order chi connectivity index (χ0) is 10.0. The van der Waals surface area contributed by atoms with Gasteiger partial charge in [0.2, 0.25) is 0 Å². The van der Waals surface area contributed by atoms with Crippen molar-refractivity contribution in [3.05, 3.63) is 28.0 Å². The summed E-state index contributed by atoms with van der Waals surface area (Å²) in [4.78, 5) is 3.52. The quantitative estimate of drug-likeness (QED) is 0.789. The molecule has 1 unspecified atom stereocenters. The van der Waals surface area contributed by atoms with Crippen LogP contribution in [0, 0.1) is 0 Å². The van der Waals surface area contributed by atoms with Crippen LogP contribution < -0.4 is 0 Å². The highest BCUT2D eigenvalue weighted by Gasteiger charge is 2.20. The zero-order valence-electron chi connectivity index (χ0n) is 6.22. The van der Waals surface area contributed by atoms with Gasteiger partial charge in [-0.3, -0.25) is 0 Å². The summed E-state index contributed by atoms with van der Waals surface area (Å²) in [6.07, 6.45) is -3.67. The van der Waals surface area contributed by atoms with Gasteiger partial charge in [-0.15, -0.1) is 0 Å². The van der Waals surface area contributed by atoms with Gasteiger partial charge in [-0.25, -0.2) is 13.8 Å². The maximum Gasteiger partial charge on any atom is 0.268 e. The van der Waals surface area contributed by atoms with Crippen LogP contribution in [0.25, 0.3) is 0 Å². The summed E-state index contributed by atoms with van der Waals surface area (Å²) in [7, 11) is 0. The molecule has 1 aromatic heterocycles. The third-order valence-corrected chi connectivity index (χ3v) is 2.08. The molecule has 13 heavy (non-hydrogen) atoms. The SMILES string of the molecule is OC(c1cnc(Cl)c(Cl)c1)C(F)F. The molecule has 0 fully saturated rings. The number of aromatic nitrogens is 1. The van der Waals surface area contributed by atoms with Gasteiger partial charge in [-0.05, 0) is 6.07 Å². The number of pyridine rings is 1. The van der Waals surface area contributed by atoms with Crippen LogP contribution in [-0.4, -0.2) is 16.5 Å². The van der Waals surface area contributed by atoms with Gasteiger partial charge in [-0.2, -0.15) is 0 Å². The van der Waals surface area contributed by atoms with Crippen LogP contribution in [-0.2, 0) is 0 Å². The monoisotopic (exact) mass is 227 g/mol. The molecule has 0 aromatic carbocycles. The van der Waals surface area contributed by atoms with E-state index < -0.39 is 12.5 Å². The van der Waals surface area contributed by atoms with Gasteiger partial charge >= 0.3 is 0 Å². The summed E-state index contributed by atoms with van der Waals surface area (Å²) in [5.41, 5.74) is -0.0515. The highest BCUT2D eigenvalue weighted by molar-refractivity contribution is 6.41. The number of aliphatic hydroxyl groups excluding tert-OH is 1. The predicted octanol–water partition coefficient (Wildman–Crippen LogP) is 2.69. The summed E-state index contributed by atoms with van der Waals surface area (Å²) < 4.78 is 24.0. The van der Waals surface area contributed by atoms with Crippen LogP contribution in [0.4, 0.5) is 8.78 Å². The summed E-state index contributed by atoms with van der Waals surface area (Å²) in [5.74, 6) is 0. The Labute approximate surface area is 83.1 Å². The molecule has 0 saturated carbocycles. The van der Waals surface area contributed by atoms with Gasteiger partial charge in [0, 0.05) is 11.8 Å². The topological polar surface area (TPSA) is 33.1 Å².